The van der Waals surface area contributed by atoms with Gasteiger partial charge in [-0.3, -0.25) is 4.79 Å². The van der Waals surface area contributed by atoms with Gasteiger partial charge in [-0.25, -0.2) is 8.42 Å². The van der Waals surface area contributed by atoms with E-state index in [-0.39, 0.29) is 23.5 Å². The quantitative estimate of drug-likeness (QED) is 0.823. The number of allylic oxidation sites excluding steroid dienone is 2. The molecule has 114 valence electrons. The maximum atomic E-state index is 12.4. The second kappa shape index (κ2) is 5.63. The van der Waals surface area contributed by atoms with Crippen LogP contribution in [0.5, 0.6) is 0 Å². The minimum atomic E-state index is -3.46. The first-order valence-electron chi connectivity index (χ1n) is 7.34. The molecule has 1 N–H and O–H groups in total. The van der Waals surface area contributed by atoms with Crippen molar-refractivity contribution in [2.24, 2.45) is 4.40 Å². The fourth-order valence-corrected chi connectivity index (χ4v) is 3.89. The van der Waals surface area contributed by atoms with Crippen molar-refractivity contribution >= 4 is 21.8 Å². The Bertz CT molecular complexity index is 628. The molecule has 6 nitrogen and oxygen atoms in total. The van der Waals surface area contributed by atoms with E-state index in [0.717, 1.165) is 25.7 Å². The van der Waals surface area contributed by atoms with Crippen LogP contribution in [0.2, 0.25) is 0 Å². The van der Waals surface area contributed by atoms with E-state index in [1.165, 1.54) is 6.42 Å². The Hall–Kier alpha value is -1.63. The standard InChI is InChI=1S/C14H19N3O3S/c18-14(15-11-5-2-1-3-6-11)12-7-4-8-17-9-10-21(19,20)16-13(12)17/h4,7-8,11H,1-3,5-6,9-10H2,(H,15,18). The number of carbonyl (C=O) groups is 1. The van der Waals surface area contributed by atoms with Gasteiger partial charge in [-0.05, 0) is 25.0 Å². The van der Waals surface area contributed by atoms with E-state index < -0.39 is 10.0 Å². The Labute approximate surface area is 124 Å². The van der Waals surface area contributed by atoms with E-state index in [1.807, 2.05) is 0 Å². The van der Waals surface area contributed by atoms with Gasteiger partial charge in [0.05, 0.1) is 11.3 Å². The van der Waals surface area contributed by atoms with Crippen LogP contribution < -0.4 is 5.32 Å². The summed E-state index contributed by atoms with van der Waals surface area (Å²) in [5.74, 6) is 0.00223. The fourth-order valence-electron chi connectivity index (χ4n) is 2.90. The van der Waals surface area contributed by atoms with E-state index in [9.17, 15) is 13.2 Å². The molecular formula is C14H19N3O3S. The number of amidine groups is 1. The van der Waals surface area contributed by atoms with Gasteiger partial charge in [-0.2, -0.15) is 0 Å². The number of nitrogens with one attached hydrogen (secondary N) is 1. The van der Waals surface area contributed by atoms with Gasteiger partial charge in [-0.1, -0.05) is 19.3 Å². The zero-order chi connectivity index (χ0) is 14.9. The van der Waals surface area contributed by atoms with Crippen molar-refractivity contribution < 1.29 is 13.2 Å². The molecule has 3 aliphatic rings. The summed E-state index contributed by atoms with van der Waals surface area (Å²) < 4.78 is 27.1. The lowest BCUT2D eigenvalue weighted by Crippen LogP contribution is -2.44. The second-order valence-corrected chi connectivity index (χ2v) is 7.38. The normalized spacial score (nSPS) is 24.9. The minimum Gasteiger partial charge on any atom is -0.349 e. The highest BCUT2D eigenvalue weighted by molar-refractivity contribution is 7.90. The predicted octanol–water partition coefficient (Wildman–Crippen LogP) is 0.933. The first-order valence-corrected chi connectivity index (χ1v) is 8.95. The van der Waals surface area contributed by atoms with Crippen LogP contribution in [0, 0.1) is 0 Å². The zero-order valence-electron chi connectivity index (χ0n) is 11.8. The van der Waals surface area contributed by atoms with Gasteiger partial charge in [0.25, 0.3) is 15.9 Å². The lowest BCUT2D eigenvalue weighted by atomic mass is 9.95. The van der Waals surface area contributed by atoms with Gasteiger partial charge >= 0.3 is 0 Å². The van der Waals surface area contributed by atoms with Crippen molar-refractivity contribution in [3.63, 3.8) is 0 Å². The molecule has 21 heavy (non-hydrogen) atoms. The summed E-state index contributed by atoms with van der Waals surface area (Å²) in [6.07, 6.45) is 10.6. The number of nitrogens with zero attached hydrogens (tertiary/aromatic N) is 2. The third-order valence-corrected chi connectivity index (χ3v) is 5.19. The molecule has 1 aliphatic carbocycles. The zero-order valence-corrected chi connectivity index (χ0v) is 12.6. The number of amides is 1. The maximum Gasteiger partial charge on any atom is 0.256 e. The molecule has 0 aromatic carbocycles. The van der Waals surface area contributed by atoms with Crippen molar-refractivity contribution in [2.45, 2.75) is 38.1 Å². The Morgan fingerprint density at radius 1 is 1.29 bits per heavy atom. The van der Waals surface area contributed by atoms with Crippen LogP contribution in [-0.4, -0.2) is 43.4 Å². The highest BCUT2D eigenvalue weighted by Crippen LogP contribution is 2.20. The smallest absolute Gasteiger partial charge is 0.256 e. The van der Waals surface area contributed by atoms with Crippen LogP contribution in [-0.2, 0) is 14.8 Å². The maximum absolute atomic E-state index is 12.4. The Morgan fingerprint density at radius 2 is 2.05 bits per heavy atom. The van der Waals surface area contributed by atoms with Crippen LogP contribution in [0.15, 0.2) is 28.3 Å². The van der Waals surface area contributed by atoms with Crippen LogP contribution in [0.4, 0.5) is 0 Å². The molecule has 0 saturated heterocycles. The molecular weight excluding hydrogens is 290 g/mol. The van der Waals surface area contributed by atoms with Crippen molar-refractivity contribution in [3.05, 3.63) is 23.9 Å². The lowest BCUT2D eigenvalue weighted by Gasteiger charge is -2.30. The Kier molecular flexibility index (Phi) is 3.84. The highest BCUT2D eigenvalue weighted by atomic mass is 32.2. The molecule has 0 radical (unpaired) electrons. The molecule has 1 saturated carbocycles. The van der Waals surface area contributed by atoms with Gasteiger partial charge in [0.15, 0.2) is 5.84 Å². The van der Waals surface area contributed by atoms with E-state index in [1.54, 1.807) is 23.3 Å². The van der Waals surface area contributed by atoms with Crippen LogP contribution in [0.3, 0.4) is 0 Å². The lowest BCUT2D eigenvalue weighted by molar-refractivity contribution is -0.117. The number of sulfonamides is 1. The minimum absolute atomic E-state index is 0.0155. The van der Waals surface area contributed by atoms with Crippen LogP contribution in [0.25, 0.3) is 0 Å². The van der Waals surface area contributed by atoms with Crippen molar-refractivity contribution in [1.82, 2.24) is 10.2 Å². The monoisotopic (exact) mass is 309 g/mol. The summed E-state index contributed by atoms with van der Waals surface area (Å²) in [6, 6.07) is 0.187. The van der Waals surface area contributed by atoms with Crippen molar-refractivity contribution in [3.8, 4) is 0 Å². The summed E-state index contributed by atoms with van der Waals surface area (Å²) in [6.45, 7) is 0.339. The van der Waals surface area contributed by atoms with Gasteiger partial charge in [0.2, 0.25) is 0 Å². The summed E-state index contributed by atoms with van der Waals surface area (Å²) in [7, 11) is -3.46. The molecule has 2 aliphatic heterocycles. The number of hydrogen-bond acceptors (Lipinski definition) is 4. The topological polar surface area (TPSA) is 78.8 Å². The largest absolute Gasteiger partial charge is 0.349 e. The van der Waals surface area contributed by atoms with Gasteiger partial charge < -0.3 is 10.2 Å². The number of carbonyl (C=O) groups excluding carboxylic acids is 1. The summed E-state index contributed by atoms with van der Waals surface area (Å²) in [5, 5.41) is 3.01. The first kappa shape index (κ1) is 14.3. The Balaban J connectivity index is 1.79. The fraction of sp³-hybridized carbons (Fsp3) is 0.571. The van der Waals surface area contributed by atoms with E-state index >= 15 is 0 Å². The molecule has 0 aromatic rings. The molecule has 1 fully saturated rings. The number of fused-ring (bicyclic) bond motifs is 1. The highest BCUT2D eigenvalue weighted by Gasteiger charge is 2.30. The molecule has 3 rings (SSSR count). The van der Waals surface area contributed by atoms with Crippen LogP contribution >= 0.6 is 0 Å². The molecule has 7 heteroatoms. The summed E-state index contributed by atoms with van der Waals surface area (Å²) in [5.41, 5.74) is 0.339. The molecule has 1 amide bonds. The average Bonchev–Trinajstić information content (AvgIpc) is 2.46. The average molecular weight is 309 g/mol. The third kappa shape index (κ3) is 3.18. The molecule has 0 aromatic heterocycles. The van der Waals surface area contributed by atoms with Gasteiger partial charge in [0.1, 0.15) is 0 Å². The molecule has 2 heterocycles. The third-order valence-electron chi connectivity index (χ3n) is 4.04. The molecule has 0 atom stereocenters. The van der Waals surface area contributed by atoms with Crippen molar-refractivity contribution in [2.75, 3.05) is 12.3 Å². The number of hydrogen-bond donors (Lipinski definition) is 1. The molecule has 0 spiro atoms. The van der Waals surface area contributed by atoms with Crippen LogP contribution in [0.1, 0.15) is 32.1 Å². The van der Waals surface area contributed by atoms with E-state index in [2.05, 4.69) is 9.71 Å². The number of rotatable bonds is 2. The summed E-state index contributed by atoms with van der Waals surface area (Å²) in [4.78, 5) is 14.1. The molecule has 0 bridgehead atoms. The second-order valence-electron chi connectivity index (χ2n) is 5.62. The predicted molar refractivity (Wildman–Crippen MR) is 80.2 cm³/mol. The SMILES string of the molecule is O=C(NC1CCCCC1)C1=CC=CN2CCS(=O)(=O)N=C12. The molecule has 0 unspecified atom stereocenters. The van der Waals surface area contributed by atoms with E-state index in [0.29, 0.717) is 12.1 Å². The summed E-state index contributed by atoms with van der Waals surface area (Å²) >= 11 is 0. The Morgan fingerprint density at radius 3 is 2.81 bits per heavy atom. The van der Waals surface area contributed by atoms with E-state index in [4.69, 9.17) is 0 Å². The van der Waals surface area contributed by atoms with Gasteiger partial charge in [-0.15, -0.1) is 4.40 Å². The van der Waals surface area contributed by atoms with Crippen molar-refractivity contribution in [1.29, 1.82) is 0 Å². The van der Waals surface area contributed by atoms with Gasteiger partial charge in [0, 0.05) is 18.8 Å². The first-order chi connectivity index (χ1) is 10.1.